The van der Waals surface area contributed by atoms with Gasteiger partial charge in [0.2, 0.25) is 11.8 Å². The maximum Gasteiger partial charge on any atom is 0.319 e. The number of urea groups is 1. The third-order valence-corrected chi connectivity index (χ3v) is 3.88. The fraction of sp³-hybridized carbons (Fsp3) is 0.350. The minimum absolute atomic E-state index is 0.0364. The van der Waals surface area contributed by atoms with Crippen LogP contribution in [0.3, 0.4) is 0 Å². The van der Waals surface area contributed by atoms with Crippen LogP contribution >= 0.6 is 0 Å². The maximum atomic E-state index is 11.9. The molecule has 8 heteroatoms. The molecule has 1 aromatic heterocycles. The van der Waals surface area contributed by atoms with Gasteiger partial charge in [-0.15, -0.1) is 0 Å². The molecule has 0 radical (unpaired) electrons. The van der Waals surface area contributed by atoms with E-state index in [1.165, 1.54) is 6.92 Å². The molecule has 150 valence electrons. The third-order valence-electron chi connectivity index (χ3n) is 3.88. The van der Waals surface area contributed by atoms with Crippen molar-refractivity contribution in [3.8, 4) is 0 Å². The molecule has 0 aliphatic heterocycles. The first-order valence-electron chi connectivity index (χ1n) is 9.24. The summed E-state index contributed by atoms with van der Waals surface area (Å²) in [6.07, 6.45) is 4.48. The lowest BCUT2D eigenvalue weighted by atomic mass is 10.2. The van der Waals surface area contributed by atoms with E-state index in [0.717, 1.165) is 19.3 Å². The number of benzene rings is 1. The molecule has 0 aliphatic carbocycles. The summed E-state index contributed by atoms with van der Waals surface area (Å²) >= 11 is 0. The van der Waals surface area contributed by atoms with Gasteiger partial charge < -0.3 is 25.7 Å². The third kappa shape index (κ3) is 8.39. The van der Waals surface area contributed by atoms with E-state index in [0.29, 0.717) is 36.6 Å². The van der Waals surface area contributed by atoms with Gasteiger partial charge in [-0.25, -0.2) is 4.79 Å². The molecule has 0 fully saturated rings. The van der Waals surface area contributed by atoms with Gasteiger partial charge in [0.1, 0.15) is 5.76 Å². The molecule has 1 aromatic carbocycles. The lowest BCUT2D eigenvalue weighted by Gasteiger charge is -2.09. The van der Waals surface area contributed by atoms with E-state index < -0.39 is 0 Å². The highest BCUT2D eigenvalue weighted by Crippen LogP contribution is 2.14. The zero-order valence-corrected chi connectivity index (χ0v) is 15.9. The minimum Gasteiger partial charge on any atom is -0.467 e. The quantitative estimate of drug-likeness (QED) is 0.470. The Balaban J connectivity index is 1.63. The van der Waals surface area contributed by atoms with Gasteiger partial charge in [-0.3, -0.25) is 9.59 Å². The molecule has 0 aliphatic rings. The molecule has 4 N–H and O–H groups in total. The molecule has 0 bridgehead atoms. The SMILES string of the molecule is CC(=O)NCCCCCC(=O)Nc1ccc(NC(=O)NCc2ccco2)cc1. The molecule has 0 spiro atoms. The van der Waals surface area contributed by atoms with E-state index in [-0.39, 0.29) is 17.8 Å². The predicted octanol–water partition coefficient (Wildman–Crippen LogP) is 3.24. The van der Waals surface area contributed by atoms with Crippen molar-refractivity contribution in [3.63, 3.8) is 0 Å². The Labute approximate surface area is 164 Å². The van der Waals surface area contributed by atoms with Gasteiger partial charge in [-0.1, -0.05) is 6.42 Å². The molecule has 2 rings (SSSR count). The zero-order valence-electron chi connectivity index (χ0n) is 15.9. The second-order valence-electron chi connectivity index (χ2n) is 6.31. The maximum absolute atomic E-state index is 11.9. The van der Waals surface area contributed by atoms with Crippen molar-refractivity contribution in [2.45, 2.75) is 39.2 Å². The standard InChI is InChI=1S/C20H26N4O4/c1-15(25)21-12-4-2-3-7-19(26)23-16-8-10-17(11-9-16)24-20(27)22-14-18-6-5-13-28-18/h5-6,8-11,13H,2-4,7,12,14H2,1H3,(H,21,25)(H,23,26)(H2,22,24,27). The van der Waals surface area contributed by atoms with Crippen molar-refractivity contribution in [2.24, 2.45) is 0 Å². The smallest absolute Gasteiger partial charge is 0.319 e. The fourth-order valence-corrected chi connectivity index (χ4v) is 2.47. The second-order valence-corrected chi connectivity index (χ2v) is 6.31. The van der Waals surface area contributed by atoms with Crippen LogP contribution in [0, 0.1) is 0 Å². The minimum atomic E-state index is -0.340. The molecule has 0 atom stereocenters. The van der Waals surface area contributed by atoms with Crippen molar-refractivity contribution in [3.05, 3.63) is 48.4 Å². The van der Waals surface area contributed by atoms with Crippen LogP contribution in [0.15, 0.2) is 47.1 Å². The molecule has 8 nitrogen and oxygen atoms in total. The number of carbonyl (C=O) groups is 3. The summed E-state index contributed by atoms with van der Waals surface area (Å²) in [4.78, 5) is 34.5. The highest BCUT2D eigenvalue weighted by Gasteiger charge is 2.05. The van der Waals surface area contributed by atoms with Crippen molar-refractivity contribution in [1.29, 1.82) is 0 Å². The van der Waals surface area contributed by atoms with E-state index in [4.69, 9.17) is 4.42 Å². The Hall–Kier alpha value is -3.29. The van der Waals surface area contributed by atoms with Crippen LogP contribution < -0.4 is 21.3 Å². The highest BCUT2D eigenvalue weighted by molar-refractivity contribution is 5.92. The molecule has 2 aromatic rings. The molecule has 28 heavy (non-hydrogen) atoms. The van der Waals surface area contributed by atoms with E-state index >= 15 is 0 Å². The summed E-state index contributed by atoms with van der Waals surface area (Å²) in [5, 5.41) is 11.0. The van der Waals surface area contributed by atoms with Gasteiger partial charge in [0, 0.05) is 31.3 Å². The number of nitrogens with one attached hydrogen (secondary N) is 4. The van der Waals surface area contributed by atoms with Gasteiger partial charge in [0.05, 0.1) is 12.8 Å². The van der Waals surface area contributed by atoms with Crippen LogP contribution in [0.1, 0.15) is 38.4 Å². The average molecular weight is 386 g/mol. The lowest BCUT2D eigenvalue weighted by molar-refractivity contribution is -0.119. The summed E-state index contributed by atoms with van der Waals surface area (Å²) in [5.41, 5.74) is 1.29. The number of unbranched alkanes of at least 4 members (excludes halogenated alkanes) is 2. The van der Waals surface area contributed by atoms with Crippen LogP contribution in [-0.2, 0) is 16.1 Å². The summed E-state index contributed by atoms with van der Waals surface area (Å²) in [5.74, 6) is 0.574. The van der Waals surface area contributed by atoms with E-state index in [1.54, 1.807) is 42.7 Å². The highest BCUT2D eigenvalue weighted by atomic mass is 16.3. The first kappa shape index (κ1) is 21.0. The molecule has 0 saturated heterocycles. The van der Waals surface area contributed by atoms with Crippen LogP contribution in [0.2, 0.25) is 0 Å². The molecule has 0 saturated carbocycles. The van der Waals surface area contributed by atoms with Gasteiger partial charge >= 0.3 is 6.03 Å². The largest absolute Gasteiger partial charge is 0.467 e. The lowest BCUT2D eigenvalue weighted by Crippen LogP contribution is -2.27. The first-order chi connectivity index (χ1) is 13.5. The van der Waals surface area contributed by atoms with E-state index in [9.17, 15) is 14.4 Å². The number of rotatable bonds is 10. The number of hydrogen-bond acceptors (Lipinski definition) is 4. The number of hydrogen-bond donors (Lipinski definition) is 4. The van der Waals surface area contributed by atoms with Crippen LogP contribution in [-0.4, -0.2) is 24.4 Å². The monoisotopic (exact) mass is 386 g/mol. The second kappa shape index (κ2) is 11.4. The Morgan fingerprint density at radius 2 is 1.61 bits per heavy atom. The Morgan fingerprint density at radius 3 is 2.25 bits per heavy atom. The van der Waals surface area contributed by atoms with Gasteiger partial charge in [0.25, 0.3) is 0 Å². The summed E-state index contributed by atoms with van der Waals surface area (Å²) < 4.78 is 5.14. The molecule has 1 heterocycles. The van der Waals surface area contributed by atoms with Crippen molar-refractivity contribution in [2.75, 3.05) is 17.2 Å². The normalized spacial score (nSPS) is 10.2. The Bertz CT molecular complexity index is 757. The van der Waals surface area contributed by atoms with Crippen LogP contribution in [0.25, 0.3) is 0 Å². The summed E-state index contributed by atoms with van der Waals surface area (Å²) in [6.45, 7) is 2.43. The summed E-state index contributed by atoms with van der Waals surface area (Å²) in [6, 6.07) is 10.1. The van der Waals surface area contributed by atoms with Gasteiger partial charge in [-0.05, 0) is 49.2 Å². The average Bonchev–Trinajstić information content (AvgIpc) is 3.18. The van der Waals surface area contributed by atoms with Crippen LogP contribution in [0.4, 0.5) is 16.2 Å². The number of amides is 4. The topological polar surface area (TPSA) is 112 Å². The van der Waals surface area contributed by atoms with Crippen molar-refractivity contribution < 1.29 is 18.8 Å². The Kier molecular flexibility index (Phi) is 8.58. The van der Waals surface area contributed by atoms with Crippen LogP contribution in [0.5, 0.6) is 0 Å². The number of anilines is 2. The molecular formula is C20H26N4O4. The van der Waals surface area contributed by atoms with Gasteiger partial charge in [-0.2, -0.15) is 0 Å². The van der Waals surface area contributed by atoms with E-state index in [1.807, 2.05) is 0 Å². The summed E-state index contributed by atoms with van der Waals surface area (Å²) in [7, 11) is 0. The fourth-order valence-electron chi connectivity index (χ4n) is 2.47. The zero-order chi connectivity index (χ0) is 20.2. The first-order valence-corrected chi connectivity index (χ1v) is 9.24. The number of carbonyl (C=O) groups excluding carboxylic acids is 3. The van der Waals surface area contributed by atoms with Crippen molar-refractivity contribution >= 4 is 29.2 Å². The molecular weight excluding hydrogens is 360 g/mol. The van der Waals surface area contributed by atoms with E-state index in [2.05, 4.69) is 21.3 Å². The Morgan fingerprint density at radius 1 is 0.893 bits per heavy atom. The van der Waals surface area contributed by atoms with Gasteiger partial charge in [0.15, 0.2) is 0 Å². The molecule has 4 amide bonds. The predicted molar refractivity (Wildman–Crippen MR) is 107 cm³/mol. The van der Waals surface area contributed by atoms with Crippen molar-refractivity contribution in [1.82, 2.24) is 10.6 Å². The number of furan rings is 1. The molecule has 0 unspecified atom stereocenters.